The summed E-state index contributed by atoms with van der Waals surface area (Å²) in [4.78, 5) is 4.96. The minimum Gasteiger partial charge on any atom is -0.507 e. The van der Waals surface area contributed by atoms with E-state index in [9.17, 15) is 5.11 Å². The van der Waals surface area contributed by atoms with Gasteiger partial charge in [0.05, 0.1) is 17.3 Å². The molecule has 0 spiro atoms. The number of hydrogen-bond acceptors (Lipinski definition) is 6. The molecule has 6 nitrogen and oxygen atoms in total. The van der Waals surface area contributed by atoms with Crippen molar-refractivity contribution in [2.24, 2.45) is 0 Å². The van der Waals surface area contributed by atoms with Crippen molar-refractivity contribution in [2.45, 2.75) is 45.6 Å². The van der Waals surface area contributed by atoms with E-state index in [-0.39, 0.29) is 5.75 Å². The van der Waals surface area contributed by atoms with Gasteiger partial charge >= 0.3 is 0 Å². The van der Waals surface area contributed by atoms with Gasteiger partial charge in [0.15, 0.2) is 5.82 Å². The number of aromatic hydroxyl groups is 1. The van der Waals surface area contributed by atoms with Gasteiger partial charge in [0.1, 0.15) is 5.75 Å². The lowest BCUT2D eigenvalue weighted by molar-refractivity contribution is 0.211. The van der Waals surface area contributed by atoms with E-state index in [1.807, 2.05) is 6.92 Å². The molecule has 146 valence electrons. The Bertz CT molecular complexity index is 897. The number of fused-ring (bicyclic) bond motifs is 1. The zero-order chi connectivity index (χ0) is 19.7. The molecule has 1 saturated heterocycles. The molecule has 6 heteroatoms. The maximum Gasteiger partial charge on any atom is 0.154 e. The largest absolute Gasteiger partial charge is 0.507 e. The fourth-order valence-electron chi connectivity index (χ4n) is 4.61. The standard InChI is InChI=1S/C22H27N5O/c1-3-26-8-5-7-18(14-26)27-9-4-6-17-12-19(24-25-22(17)27)21-15(2)10-16(13-23)11-20(21)28/h10-12,18,28H,3-9,14H2,1-2H3/t18-/m1/s1. The number of nitrogens with zero attached hydrogens (tertiary/aromatic N) is 5. The second-order valence-electron chi connectivity index (χ2n) is 7.86. The summed E-state index contributed by atoms with van der Waals surface area (Å²) in [6.07, 6.45) is 4.52. The summed E-state index contributed by atoms with van der Waals surface area (Å²) in [7, 11) is 0. The molecule has 4 rings (SSSR count). The van der Waals surface area contributed by atoms with E-state index in [2.05, 4.69) is 39.1 Å². The predicted octanol–water partition coefficient (Wildman–Crippen LogP) is 3.27. The molecule has 0 radical (unpaired) electrons. The molecule has 1 atom stereocenters. The smallest absolute Gasteiger partial charge is 0.154 e. The number of rotatable bonds is 3. The number of phenolic OH excluding ortho intramolecular Hbond substituents is 1. The summed E-state index contributed by atoms with van der Waals surface area (Å²) in [5, 5.41) is 28.6. The molecule has 1 N–H and O–H groups in total. The Kier molecular flexibility index (Phi) is 5.19. The number of phenols is 1. The summed E-state index contributed by atoms with van der Waals surface area (Å²) < 4.78 is 0. The van der Waals surface area contributed by atoms with Gasteiger partial charge < -0.3 is 14.9 Å². The molecule has 1 fully saturated rings. The van der Waals surface area contributed by atoms with Gasteiger partial charge in [-0.15, -0.1) is 10.2 Å². The third-order valence-corrected chi connectivity index (χ3v) is 6.04. The van der Waals surface area contributed by atoms with E-state index < -0.39 is 0 Å². The van der Waals surface area contributed by atoms with E-state index in [0.717, 1.165) is 43.9 Å². The minimum atomic E-state index is 0.0873. The molecule has 0 saturated carbocycles. The fraction of sp³-hybridized carbons (Fsp3) is 0.500. The fourth-order valence-corrected chi connectivity index (χ4v) is 4.61. The van der Waals surface area contributed by atoms with Gasteiger partial charge in [-0.1, -0.05) is 6.92 Å². The van der Waals surface area contributed by atoms with Crippen LogP contribution in [0, 0.1) is 18.3 Å². The monoisotopic (exact) mass is 377 g/mol. The van der Waals surface area contributed by atoms with Crippen molar-refractivity contribution in [1.29, 1.82) is 5.26 Å². The first-order chi connectivity index (χ1) is 13.6. The predicted molar refractivity (Wildman–Crippen MR) is 109 cm³/mol. The van der Waals surface area contributed by atoms with E-state index in [0.29, 0.717) is 22.9 Å². The molecule has 0 amide bonds. The molecule has 1 aromatic carbocycles. The van der Waals surface area contributed by atoms with Gasteiger partial charge in [0, 0.05) is 24.7 Å². The maximum atomic E-state index is 10.4. The highest BCUT2D eigenvalue weighted by Gasteiger charge is 2.30. The van der Waals surface area contributed by atoms with Crippen molar-refractivity contribution < 1.29 is 5.11 Å². The topological polar surface area (TPSA) is 76.3 Å². The van der Waals surface area contributed by atoms with Gasteiger partial charge in [0.25, 0.3) is 0 Å². The van der Waals surface area contributed by atoms with Crippen LogP contribution in [0.1, 0.15) is 42.9 Å². The van der Waals surface area contributed by atoms with Crippen LogP contribution >= 0.6 is 0 Å². The van der Waals surface area contributed by atoms with Crippen molar-refractivity contribution in [2.75, 3.05) is 31.1 Å². The third kappa shape index (κ3) is 3.43. The van der Waals surface area contributed by atoms with E-state index in [1.54, 1.807) is 6.07 Å². The second kappa shape index (κ2) is 7.76. The second-order valence-corrected chi connectivity index (χ2v) is 7.86. The Morgan fingerprint density at radius 3 is 2.82 bits per heavy atom. The zero-order valence-corrected chi connectivity index (χ0v) is 16.6. The third-order valence-electron chi connectivity index (χ3n) is 6.04. The van der Waals surface area contributed by atoms with Crippen LogP contribution in [-0.4, -0.2) is 52.4 Å². The molecule has 3 heterocycles. The molecule has 2 aliphatic rings. The van der Waals surface area contributed by atoms with Crippen LogP contribution in [0.3, 0.4) is 0 Å². The highest BCUT2D eigenvalue weighted by Crippen LogP contribution is 2.36. The van der Waals surface area contributed by atoms with E-state index in [1.165, 1.54) is 31.0 Å². The number of nitriles is 1. The average Bonchev–Trinajstić information content (AvgIpc) is 2.72. The van der Waals surface area contributed by atoms with Crippen molar-refractivity contribution in [1.82, 2.24) is 15.1 Å². The van der Waals surface area contributed by atoms with Gasteiger partial charge in [-0.2, -0.15) is 5.26 Å². The molecule has 28 heavy (non-hydrogen) atoms. The molecular weight excluding hydrogens is 350 g/mol. The lowest BCUT2D eigenvalue weighted by Crippen LogP contribution is -2.50. The lowest BCUT2D eigenvalue weighted by Gasteiger charge is -2.41. The number of aromatic nitrogens is 2. The van der Waals surface area contributed by atoms with E-state index in [4.69, 9.17) is 5.26 Å². The highest BCUT2D eigenvalue weighted by molar-refractivity contribution is 5.73. The van der Waals surface area contributed by atoms with Crippen LogP contribution in [0.5, 0.6) is 5.75 Å². The number of anilines is 1. The first kappa shape index (κ1) is 18.7. The number of benzene rings is 1. The van der Waals surface area contributed by atoms with Crippen LogP contribution in [-0.2, 0) is 6.42 Å². The maximum absolute atomic E-state index is 10.4. The highest BCUT2D eigenvalue weighted by atomic mass is 16.3. The van der Waals surface area contributed by atoms with Crippen LogP contribution < -0.4 is 4.90 Å². The normalized spacial score (nSPS) is 19.9. The van der Waals surface area contributed by atoms with Gasteiger partial charge in [0.2, 0.25) is 0 Å². The van der Waals surface area contributed by atoms with Crippen LogP contribution in [0.15, 0.2) is 18.2 Å². The Morgan fingerprint density at radius 2 is 2.07 bits per heavy atom. The van der Waals surface area contributed by atoms with Crippen molar-refractivity contribution >= 4 is 5.82 Å². The van der Waals surface area contributed by atoms with Gasteiger partial charge in [-0.3, -0.25) is 0 Å². The molecule has 0 unspecified atom stereocenters. The first-order valence-corrected chi connectivity index (χ1v) is 10.2. The first-order valence-electron chi connectivity index (χ1n) is 10.2. The summed E-state index contributed by atoms with van der Waals surface area (Å²) in [5.41, 5.74) is 3.84. The summed E-state index contributed by atoms with van der Waals surface area (Å²) >= 11 is 0. The van der Waals surface area contributed by atoms with Crippen LogP contribution in [0.25, 0.3) is 11.3 Å². The Hall–Kier alpha value is -2.65. The van der Waals surface area contributed by atoms with Gasteiger partial charge in [-0.05, 0) is 75.0 Å². The molecule has 2 aliphatic heterocycles. The minimum absolute atomic E-state index is 0.0873. The summed E-state index contributed by atoms with van der Waals surface area (Å²) in [5.74, 6) is 1.09. The number of aryl methyl sites for hydroxylation is 2. The molecule has 1 aromatic heterocycles. The Labute approximate surface area is 166 Å². The van der Waals surface area contributed by atoms with Crippen LogP contribution in [0.2, 0.25) is 0 Å². The summed E-state index contributed by atoms with van der Waals surface area (Å²) in [6, 6.07) is 7.93. The molecular formula is C22H27N5O. The molecule has 0 aliphatic carbocycles. The van der Waals surface area contributed by atoms with Crippen LogP contribution in [0.4, 0.5) is 5.82 Å². The number of likely N-dealkylation sites (N-methyl/N-ethyl adjacent to an activating group) is 1. The zero-order valence-electron chi connectivity index (χ0n) is 16.6. The lowest BCUT2D eigenvalue weighted by atomic mass is 9.96. The molecule has 0 bridgehead atoms. The number of hydrogen-bond donors (Lipinski definition) is 1. The van der Waals surface area contributed by atoms with E-state index >= 15 is 0 Å². The molecule has 2 aromatic rings. The SMILES string of the molecule is CCN1CCC[C@@H](N2CCCc3cc(-c4c(C)cc(C#N)cc4O)nnc32)C1. The number of likely N-dealkylation sites (tertiary alicyclic amines) is 1. The summed E-state index contributed by atoms with van der Waals surface area (Å²) in [6.45, 7) is 8.53. The number of piperidine rings is 1. The van der Waals surface area contributed by atoms with Crippen molar-refractivity contribution in [3.05, 3.63) is 34.9 Å². The van der Waals surface area contributed by atoms with Crippen molar-refractivity contribution in [3.8, 4) is 23.1 Å². The quantitative estimate of drug-likeness (QED) is 0.885. The average molecular weight is 377 g/mol. The Morgan fingerprint density at radius 1 is 1.21 bits per heavy atom. The van der Waals surface area contributed by atoms with Gasteiger partial charge in [-0.25, -0.2) is 0 Å². The Balaban J connectivity index is 1.67. The van der Waals surface area contributed by atoms with Crippen molar-refractivity contribution in [3.63, 3.8) is 0 Å².